The third-order valence-electron chi connectivity index (χ3n) is 5.88. The number of halogens is 1. The number of amides is 1. The van der Waals surface area contributed by atoms with E-state index < -0.39 is 0 Å². The maximum Gasteiger partial charge on any atom is 0.274 e. The van der Waals surface area contributed by atoms with E-state index in [1.165, 1.54) is 4.57 Å². The van der Waals surface area contributed by atoms with E-state index >= 15 is 0 Å². The standard InChI is InChI=1S/C24H25IN4O3/c1-27(2)17-7-8-19-15(11-17)9-10-29(23(19)31)22-6-4-5-18(20(22)14-30)16-12-21(26-25)24(32)28(3)13-16/h4-8,11-13,26,30H,9-10,14H2,1-3H3. The molecule has 1 aliphatic rings. The molecule has 0 aliphatic carbocycles. The van der Waals surface area contributed by atoms with Gasteiger partial charge in [0.2, 0.25) is 0 Å². The van der Waals surface area contributed by atoms with Crippen molar-refractivity contribution in [2.45, 2.75) is 13.0 Å². The van der Waals surface area contributed by atoms with Crippen LogP contribution in [0.3, 0.4) is 0 Å². The number of nitrogens with one attached hydrogen (secondary N) is 1. The molecule has 1 aliphatic heterocycles. The summed E-state index contributed by atoms with van der Waals surface area (Å²) in [6, 6.07) is 13.3. The normalized spacial score (nSPS) is 13.2. The van der Waals surface area contributed by atoms with Crippen molar-refractivity contribution in [3.05, 3.63) is 75.7 Å². The quantitative estimate of drug-likeness (QED) is 0.380. The van der Waals surface area contributed by atoms with Crippen LogP contribution in [0, 0.1) is 0 Å². The molecule has 1 aromatic heterocycles. The first-order valence-electron chi connectivity index (χ1n) is 10.3. The minimum Gasteiger partial charge on any atom is -0.392 e. The van der Waals surface area contributed by atoms with Crippen molar-refractivity contribution in [1.29, 1.82) is 0 Å². The van der Waals surface area contributed by atoms with E-state index in [9.17, 15) is 14.7 Å². The summed E-state index contributed by atoms with van der Waals surface area (Å²) in [6.45, 7) is 0.310. The molecular formula is C24H25IN4O3. The zero-order valence-electron chi connectivity index (χ0n) is 18.2. The maximum atomic E-state index is 13.4. The summed E-state index contributed by atoms with van der Waals surface area (Å²) in [7, 11) is 5.66. The number of aliphatic hydroxyl groups excluding tert-OH is 1. The van der Waals surface area contributed by atoms with Crippen LogP contribution in [0.2, 0.25) is 0 Å². The molecule has 0 radical (unpaired) electrons. The van der Waals surface area contributed by atoms with Crippen LogP contribution in [-0.4, -0.2) is 36.2 Å². The Balaban J connectivity index is 1.79. The minimum atomic E-state index is -0.225. The lowest BCUT2D eigenvalue weighted by Gasteiger charge is -2.31. The van der Waals surface area contributed by atoms with Crippen molar-refractivity contribution in [3.63, 3.8) is 0 Å². The summed E-state index contributed by atoms with van der Waals surface area (Å²) >= 11 is 1.93. The Labute approximate surface area is 200 Å². The van der Waals surface area contributed by atoms with Crippen LogP contribution in [0.4, 0.5) is 17.1 Å². The summed E-state index contributed by atoms with van der Waals surface area (Å²) in [4.78, 5) is 29.4. The van der Waals surface area contributed by atoms with E-state index in [2.05, 4.69) is 9.60 Å². The van der Waals surface area contributed by atoms with E-state index in [1.54, 1.807) is 24.2 Å². The lowest BCUT2D eigenvalue weighted by atomic mass is 9.94. The third kappa shape index (κ3) is 3.88. The van der Waals surface area contributed by atoms with Gasteiger partial charge in [0.25, 0.3) is 11.5 Å². The highest BCUT2D eigenvalue weighted by molar-refractivity contribution is 14.1. The Morgan fingerprint density at radius 1 is 1.12 bits per heavy atom. The summed E-state index contributed by atoms with van der Waals surface area (Å²) in [6.07, 6.45) is 2.48. The smallest absolute Gasteiger partial charge is 0.274 e. The molecule has 2 heterocycles. The molecule has 0 saturated heterocycles. The average molecular weight is 544 g/mol. The van der Waals surface area contributed by atoms with Gasteiger partial charge in [-0.15, -0.1) is 0 Å². The number of nitrogens with zero attached hydrogens (tertiary/aromatic N) is 3. The number of rotatable bonds is 5. The van der Waals surface area contributed by atoms with Crippen molar-refractivity contribution in [3.8, 4) is 11.1 Å². The largest absolute Gasteiger partial charge is 0.392 e. The molecular weight excluding hydrogens is 519 g/mol. The zero-order chi connectivity index (χ0) is 23.0. The molecule has 32 heavy (non-hydrogen) atoms. The Morgan fingerprint density at radius 2 is 1.91 bits per heavy atom. The Morgan fingerprint density at radius 3 is 2.59 bits per heavy atom. The molecule has 0 saturated carbocycles. The number of hydrogen-bond acceptors (Lipinski definition) is 5. The summed E-state index contributed by atoms with van der Waals surface area (Å²) in [5.74, 6) is -0.0708. The molecule has 7 nitrogen and oxygen atoms in total. The maximum absolute atomic E-state index is 13.4. The molecule has 4 rings (SSSR count). The third-order valence-corrected chi connectivity index (χ3v) is 6.46. The molecule has 2 aromatic carbocycles. The molecule has 166 valence electrons. The van der Waals surface area contributed by atoms with Gasteiger partial charge in [-0.1, -0.05) is 12.1 Å². The van der Waals surface area contributed by atoms with Gasteiger partial charge in [0.1, 0.15) is 5.69 Å². The molecule has 8 heteroatoms. The molecule has 0 unspecified atom stereocenters. The first-order valence-corrected chi connectivity index (χ1v) is 11.4. The number of aliphatic hydroxyl groups is 1. The van der Waals surface area contributed by atoms with Crippen molar-refractivity contribution >= 4 is 45.8 Å². The van der Waals surface area contributed by atoms with Crippen molar-refractivity contribution in [2.24, 2.45) is 7.05 Å². The van der Waals surface area contributed by atoms with Crippen LogP contribution in [0.25, 0.3) is 11.1 Å². The molecule has 0 spiro atoms. The van der Waals surface area contributed by atoms with E-state index in [1.807, 2.05) is 72.2 Å². The fourth-order valence-corrected chi connectivity index (χ4v) is 4.56. The SMILES string of the molecule is CN(C)c1ccc2c(c1)CCN(c1cccc(-c3cc(NI)c(=O)n(C)c3)c1CO)C2=O. The molecule has 0 fully saturated rings. The van der Waals surface area contributed by atoms with E-state index in [-0.39, 0.29) is 18.1 Å². The number of carbonyl (C=O) groups excluding carboxylic acids is 1. The second-order valence-corrected chi connectivity index (χ2v) is 8.60. The summed E-state index contributed by atoms with van der Waals surface area (Å²) < 4.78 is 4.41. The van der Waals surface area contributed by atoms with Gasteiger partial charge in [0.05, 0.1) is 35.2 Å². The predicted octanol–water partition coefficient (Wildman–Crippen LogP) is 3.58. The van der Waals surface area contributed by atoms with Crippen LogP contribution in [-0.2, 0) is 20.1 Å². The molecule has 0 atom stereocenters. The fourth-order valence-electron chi connectivity index (χ4n) is 4.17. The first kappa shape index (κ1) is 22.3. The van der Waals surface area contributed by atoms with E-state index in [0.29, 0.717) is 29.0 Å². The molecule has 3 aromatic rings. The molecule has 1 amide bonds. The number of anilines is 3. The topological polar surface area (TPSA) is 77.8 Å². The Bertz CT molecular complexity index is 1250. The zero-order valence-corrected chi connectivity index (χ0v) is 20.4. The van der Waals surface area contributed by atoms with Crippen LogP contribution < -0.4 is 18.9 Å². The van der Waals surface area contributed by atoms with Gasteiger partial charge in [0.15, 0.2) is 0 Å². The Hall–Kier alpha value is -2.85. The number of hydrogen-bond donors (Lipinski definition) is 2. The van der Waals surface area contributed by atoms with Crippen molar-refractivity contribution < 1.29 is 9.90 Å². The van der Waals surface area contributed by atoms with Crippen LogP contribution in [0.1, 0.15) is 21.5 Å². The lowest BCUT2D eigenvalue weighted by molar-refractivity contribution is 0.0980. The van der Waals surface area contributed by atoms with E-state index in [0.717, 1.165) is 28.8 Å². The number of fused-ring (bicyclic) bond motifs is 1. The van der Waals surface area contributed by atoms with Gasteiger partial charge < -0.3 is 23.0 Å². The van der Waals surface area contributed by atoms with Gasteiger partial charge in [-0.3, -0.25) is 9.59 Å². The van der Waals surface area contributed by atoms with Gasteiger partial charge in [-0.05, 0) is 47.9 Å². The minimum absolute atomic E-state index is 0.0708. The van der Waals surface area contributed by atoms with Crippen molar-refractivity contribution in [1.82, 2.24) is 4.57 Å². The lowest BCUT2D eigenvalue weighted by Crippen LogP contribution is -2.38. The van der Waals surface area contributed by atoms with Crippen LogP contribution in [0.5, 0.6) is 0 Å². The van der Waals surface area contributed by atoms with E-state index in [4.69, 9.17) is 0 Å². The Kier molecular flexibility index (Phi) is 6.25. The molecule has 2 N–H and O–H groups in total. The highest BCUT2D eigenvalue weighted by Crippen LogP contribution is 2.35. The van der Waals surface area contributed by atoms with Crippen LogP contribution >= 0.6 is 22.9 Å². The second kappa shape index (κ2) is 8.95. The number of benzene rings is 2. The fraction of sp³-hybridized carbons (Fsp3) is 0.250. The monoisotopic (exact) mass is 544 g/mol. The highest BCUT2D eigenvalue weighted by Gasteiger charge is 2.28. The number of pyridine rings is 1. The second-order valence-electron chi connectivity index (χ2n) is 8.06. The van der Waals surface area contributed by atoms with Crippen LogP contribution in [0.15, 0.2) is 53.5 Å². The average Bonchev–Trinajstić information content (AvgIpc) is 2.80. The van der Waals surface area contributed by atoms with Gasteiger partial charge in [0, 0.05) is 56.3 Å². The summed E-state index contributed by atoms with van der Waals surface area (Å²) in [5, 5.41) is 10.3. The van der Waals surface area contributed by atoms with Gasteiger partial charge in [-0.2, -0.15) is 0 Å². The van der Waals surface area contributed by atoms with Gasteiger partial charge >= 0.3 is 0 Å². The molecule has 0 bridgehead atoms. The highest BCUT2D eigenvalue weighted by atomic mass is 127. The number of aryl methyl sites for hydroxylation is 1. The van der Waals surface area contributed by atoms with Crippen molar-refractivity contribution in [2.75, 3.05) is 34.0 Å². The number of aromatic nitrogens is 1. The number of carbonyl (C=O) groups is 1. The predicted molar refractivity (Wildman–Crippen MR) is 137 cm³/mol. The van der Waals surface area contributed by atoms with Gasteiger partial charge in [-0.25, -0.2) is 0 Å². The summed E-state index contributed by atoms with van der Waals surface area (Å²) in [5.41, 5.74) is 6.04. The first-order chi connectivity index (χ1) is 15.3.